The van der Waals surface area contributed by atoms with Gasteiger partial charge < -0.3 is 13.9 Å². The summed E-state index contributed by atoms with van der Waals surface area (Å²) in [5.41, 5.74) is 1.20. The minimum atomic E-state index is -0.340. The van der Waals surface area contributed by atoms with Crippen LogP contribution in [0, 0.1) is 0 Å². The average molecular weight is 367 g/mol. The van der Waals surface area contributed by atoms with E-state index in [1.165, 1.54) is 0 Å². The number of hydrogen-bond acceptors (Lipinski definition) is 6. The Morgan fingerprint density at radius 2 is 1.70 bits per heavy atom. The monoisotopic (exact) mass is 367 g/mol. The summed E-state index contributed by atoms with van der Waals surface area (Å²) >= 11 is 0. The van der Waals surface area contributed by atoms with Gasteiger partial charge >= 0.3 is 6.01 Å². The van der Waals surface area contributed by atoms with Crippen LogP contribution in [0.25, 0.3) is 11.5 Å². The molecule has 1 N–H and O–H groups in total. The fourth-order valence-electron chi connectivity index (χ4n) is 2.38. The van der Waals surface area contributed by atoms with Crippen LogP contribution in [-0.4, -0.2) is 28.8 Å². The quantitative estimate of drug-likeness (QED) is 0.674. The van der Waals surface area contributed by atoms with E-state index in [1.54, 1.807) is 24.3 Å². The molecule has 0 unspecified atom stereocenters. The lowest BCUT2D eigenvalue weighted by Crippen LogP contribution is -2.12. The lowest BCUT2D eigenvalue weighted by Gasteiger charge is -2.09. The summed E-state index contributed by atoms with van der Waals surface area (Å²) in [5.74, 6) is 1.44. The minimum Gasteiger partial charge on any atom is -0.494 e. The van der Waals surface area contributed by atoms with Crippen LogP contribution in [0.1, 0.15) is 31.1 Å². The first kappa shape index (κ1) is 18.4. The summed E-state index contributed by atoms with van der Waals surface area (Å²) in [6, 6.07) is 14.2. The molecule has 1 aromatic heterocycles. The Labute approximate surface area is 157 Å². The summed E-state index contributed by atoms with van der Waals surface area (Å²) in [6.45, 7) is 6.41. The highest BCUT2D eigenvalue weighted by Crippen LogP contribution is 2.23. The highest BCUT2D eigenvalue weighted by molar-refractivity contribution is 6.03. The topological polar surface area (TPSA) is 86.5 Å². The number of aromatic nitrogens is 2. The number of ether oxygens (including phenoxy) is 2. The highest BCUT2D eigenvalue weighted by Gasteiger charge is 2.13. The van der Waals surface area contributed by atoms with E-state index in [0.29, 0.717) is 23.8 Å². The molecule has 0 aliphatic rings. The molecule has 3 rings (SSSR count). The molecule has 3 aromatic rings. The van der Waals surface area contributed by atoms with Gasteiger partial charge in [0.25, 0.3) is 5.91 Å². The van der Waals surface area contributed by atoms with E-state index in [4.69, 9.17) is 13.9 Å². The molecule has 0 aliphatic heterocycles. The predicted octanol–water partition coefficient (Wildman–Crippen LogP) is 4.17. The summed E-state index contributed by atoms with van der Waals surface area (Å²) in [7, 11) is 0. The molecule has 1 amide bonds. The van der Waals surface area contributed by atoms with Gasteiger partial charge in [-0.05, 0) is 69.3 Å². The van der Waals surface area contributed by atoms with Gasteiger partial charge in [-0.3, -0.25) is 10.1 Å². The Bertz CT molecular complexity index is 886. The second-order valence-corrected chi connectivity index (χ2v) is 6.01. The average Bonchev–Trinajstić information content (AvgIpc) is 3.11. The van der Waals surface area contributed by atoms with Gasteiger partial charge in [0.2, 0.25) is 5.89 Å². The van der Waals surface area contributed by atoms with Gasteiger partial charge in [-0.1, -0.05) is 5.10 Å². The van der Waals surface area contributed by atoms with Crippen molar-refractivity contribution in [3.8, 4) is 23.0 Å². The van der Waals surface area contributed by atoms with Crippen LogP contribution in [0.4, 0.5) is 6.01 Å². The van der Waals surface area contributed by atoms with Crippen molar-refractivity contribution in [2.45, 2.75) is 26.9 Å². The third-order valence-electron chi connectivity index (χ3n) is 3.55. The van der Waals surface area contributed by atoms with Gasteiger partial charge in [0.05, 0.1) is 12.7 Å². The van der Waals surface area contributed by atoms with E-state index in [0.717, 1.165) is 11.3 Å². The Morgan fingerprint density at radius 1 is 1.04 bits per heavy atom. The first-order valence-corrected chi connectivity index (χ1v) is 8.70. The molecular weight excluding hydrogens is 346 g/mol. The molecule has 0 bridgehead atoms. The molecule has 1 heterocycles. The van der Waals surface area contributed by atoms with Crippen molar-refractivity contribution in [1.82, 2.24) is 10.2 Å². The van der Waals surface area contributed by atoms with Crippen LogP contribution < -0.4 is 14.8 Å². The molecule has 0 atom stereocenters. The summed E-state index contributed by atoms with van der Waals surface area (Å²) in [5, 5.41) is 10.4. The maximum Gasteiger partial charge on any atom is 0.322 e. The van der Waals surface area contributed by atoms with Crippen molar-refractivity contribution in [3.63, 3.8) is 0 Å². The zero-order chi connectivity index (χ0) is 19.2. The number of nitrogens with zero attached hydrogens (tertiary/aromatic N) is 2. The molecule has 27 heavy (non-hydrogen) atoms. The van der Waals surface area contributed by atoms with E-state index in [1.807, 2.05) is 45.0 Å². The third kappa shape index (κ3) is 4.84. The summed E-state index contributed by atoms with van der Waals surface area (Å²) < 4.78 is 16.5. The van der Waals surface area contributed by atoms with Gasteiger partial charge in [-0.2, -0.15) is 0 Å². The Morgan fingerprint density at radius 3 is 2.33 bits per heavy atom. The van der Waals surface area contributed by atoms with Crippen LogP contribution >= 0.6 is 0 Å². The van der Waals surface area contributed by atoms with Crippen molar-refractivity contribution in [2.24, 2.45) is 0 Å². The van der Waals surface area contributed by atoms with Crippen molar-refractivity contribution in [3.05, 3.63) is 54.1 Å². The molecule has 0 aliphatic carbocycles. The van der Waals surface area contributed by atoms with Crippen molar-refractivity contribution >= 4 is 11.9 Å². The summed E-state index contributed by atoms with van der Waals surface area (Å²) in [6.07, 6.45) is 0.0732. The molecule has 0 radical (unpaired) electrons. The molecule has 2 aromatic carbocycles. The lowest BCUT2D eigenvalue weighted by atomic mass is 10.2. The van der Waals surface area contributed by atoms with Gasteiger partial charge in [-0.25, -0.2) is 0 Å². The van der Waals surface area contributed by atoms with Crippen LogP contribution in [0.15, 0.2) is 52.9 Å². The second-order valence-electron chi connectivity index (χ2n) is 6.01. The van der Waals surface area contributed by atoms with Gasteiger partial charge in [-0.15, -0.1) is 5.10 Å². The van der Waals surface area contributed by atoms with Crippen molar-refractivity contribution < 1.29 is 18.7 Å². The maximum atomic E-state index is 12.3. The highest BCUT2D eigenvalue weighted by atomic mass is 16.5. The molecule has 0 saturated heterocycles. The first-order valence-electron chi connectivity index (χ1n) is 8.70. The van der Waals surface area contributed by atoms with E-state index < -0.39 is 0 Å². The number of carbonyl (C=O) groups excluding carboxylic acids is 1. The molecule has 0 fully saturated rings. The number of benzene rings is 2. The Kier molecular flexibility index (Phi) is 5.71. The third-order valence-corrected chi connectivity index (χ3v) is 3.55. The van der Waals surface area contributed by atoms with Crippen LogP contribution in [0.3, 0.4) is 0 Å². The second kappa shape index (κ2) is 8.35. The molecule has 7 nitrogen and oxygen atoms in total. The van der Waals surface area contributed by atoms with Crippen LogP contribution in [0.2, 0.25) is 0 Å². The van der Waals surface area contributed by atoms with Crippen LogP contribution in [-0.2, 0) is 0 Å². The zero-order valence-electron chi connectivity index (χ0n) is 15.4. The number of amides is 1. The Balaban J connectivity index is 1.65. The largest absolute Gasteiger partial charge is 0.494 e. The van der Waals surface area contributed by atoms with Crippen LogP contribution in [0.5, 0.6) is 11.5 Å². The summed E-state index contributed by atoms with van der Waals surface area (Å²) in [4.78, 5) is 12.3. The molecule has 140 valence electrons. The number of rotatable bonds is 7. The SMILES string of the molecule is CCOc1ccc(-c2nnc(NC(=O)c3ccc(OC(C)C)cc3)o2)cc1. The van der Waals surface area contributed by atoms with E-state index in [9.17, 15) is 4.79 Å². The van der Waals surface area contributed by atoms with Gasteiger partial charge in [0, 0.05) is 11.1 Å². The lowest BCUT2D eigenvalue weighted by molar-refractivity contribution is 0.102. The van der Waals surface area contributed by atoms with Gasteiger partial charge in [0.15, 0.2) is 0 Å². The fourth-order valence-corrected chi connectivity index (χ4v) is 2.38. The normalized spacial score (nSPS) is 10.7. The van der Waals surface area contributed by atoms with E-state index in [-0.39, 0.29) is 18.0 Å². The standard InChI is InChI=1S/C20H21N3O4/c1-4-25-16-9-7-15(8-10-16)19-22-23-20(27-19)21-18(24)14-5-11-17(12-6-14)26-13(2)3/h5-13H,4H2,1-3H3,(H,21,23,24). The van der Waals surface area contributed by atoms with Crippen molar-refractivity contribution in [2.75, 3.05) is 11.9 Å². The predicted molar refractivity (Wildman–Crippen MR) is 101 cm³/mol. The van der Waals surface area contributed by atoms with E-state index >= 15 is 0 Å². The zero-order valence-corrected chi connectivity index (χ0v) is 15.4. The fraction of sp³-hybridized carbons (Fsp3) is 0.250. The molecular formula is C20H21N3O4. The number of carbonyl (C=O) groups is 1. The smallest absolute Gasteiger partial charge is 0.322 e. The van der Waals surface area contributed by atoms with Gasteiger partial charge in [0.1, 0.15) is 11.5 Å². The maximum absolute atomic E-state index is 12.3. The molecule has 7 heteroatoms. The first-order chi connectivity index (χ1) is 13.0. The number of hydrogen-bond donors (Lipinski definition) is 1. The molecule has 0 saturated carbocycles. The van der Waals surface area contributed by atoms with Crippen molar-refractivity contribution in [1.29, 1.82) is 0 Å². The minimum absolute atomic E-state index is 0.0337. The Hall–Kier alpha value is -3.35. The molecule has 0 spiro atoms. The number of anilines is 1. The van der Waals surface area contributed by atoms with E-state index in [2.05, 4.69) is 15.5 Å². The number of nitrogens with one attached hydrogen (secondary N) is 1.